The number of nitrogens with two attached hydrogens (primary N) is 1. The van der Waals surface area contributed by atoms with Gasteiger partial charge in [-0.15, -0.1) is 0 Å². The van der Waals surface area contributed by atoms with E-state index in [0.717, 1.165) is 24.8 Å². The number of hydrogen-bond acceptors (Lipinski definition) is 4. The third-order valence-corrected chi connectivity index (χ3v) is 4.25. The summed E-state index contributed by atoms with van der Waals surface area (Å²) in [7, 11) is 1.80. The van der Waals surface area contributed by atoms with Crippen molar-refractivity contribution < 1.29 is 9.15 Å². The molecule has 0 saturated heterocycles. The second-order valence-electron chi connectivity index (χ2n) is 5.53. The Morgan fingerprint density at radius 1 is 1.67 bits per heavy atom. The molecule has 3 unspecified atom stereocenters. The molecule has 2 rings (SSSR count). The second kappa shape index (κ2) is 5.87. The first-order valence-corrected chi connectivity index (χ1v) is 6.72. The standard InChI is InChI=1S/C14H24N2O2/c1-11-4-3-6-14(9-11,17-2)13(16-15)8-12-5-7-18-10-12/h5,7,10-11,13,16H,3-4,6,8-9,15H2,1-2H3. The summed E-state index contributed by atoms with van der Waals surface area (Å²) in [6, 6.07) is 2.11. The Morgan fingerprint density at radius 3 is 3.06 bits per heavy atom. The number of ether oxygens (including phenoxy) is 1. The molecule has 4 heteroatoms. The summed E-state index contributed by atoms with van der Waals surface area (Å²) in [5, 5.41) is 0. The van der Waals surface area contributed by atoms with Crippen molar-refractivity contribution in [2.24, 2.45) is 11.8 Å². The molecular weight excluding hydrogens is 228 g/mol. The van der Waals surface area contributed by atoms with Crippen LogP contribution < -0.4 is 11.3 Å². The first-order chi connectivity index (χ1) is 8.70. The van der Waals surface area contributed by atoms with Gasteiger partial charge in [-0.05, 0) is 36.8 Å². The van der Waals surface area contributed by atoms with E-state index in [1.165, 1.54) is 12.8 Å². The maximum Gasteiger partial charge on any atom is 0.0935 e. The molecule has 1 fully saturated rings. The lowest BCUT2D eigenvalue weighted by Crippen LogP contribution is -2.57. The number of nitrogens with one attached hydrogen (secondary N) is 1. The second-order valence-corrected chi connectivity index (χ2v) is 5.53. The van der Waals surface area contributed by atoms with Gasteiger partial charge in [-0.2, -0.15) is 0 Å². The quantitative estimate of drug-likeness (QED) is 0.623. The molecule has 4 nitrogen and oxygen atoms in total. The van der Waals surface area contributed by atoms with Crippen molar-refractivity contribution in [3.8, 4) is 0 Å². The Kier molecular flexibility index (Phi) is 4.43. The molecule has 0 amide bonds. The summed E-state index contributed by atoms with van der Waals surface area (Å²) >= 11 is 0. The highest BCUT2D eigenvalue weighted by Crippen LogP contribution is 2.38. The van der Waals surface area contributed by atoms with Crippen LogP contribution in [0.4, 0.5) is 0 Å². The molecule has 102 valence electrons. The van der Waals surface area contributed by atoms with Crippen molar-refractivity contribution in [2.75, 3.05) is 7.11 Å². The van der Waals surface area contributed by atoms with Gasteiger partial charge in [0.05, 0.1) is 24.2 Å². The third-order valence-electron chi connectivity index (χ3n) is 4.25. The van der Waals surface area contributed by atoms with Crippen LogP contribution in [0, 0.1) is 5.92 Å². The van der Waals surface area contributed by atoms with E-state index in [4.69, 9.17) is 15.0 Å². The van der Waals surface area contributed by atoms with E-state index in [9.17, 15) is 0 Å². The summed E-state index contributed by atoms with van der Waals surface area (Å²) < 4.78 is 11.0. The molecule has 1 aromatic heterocycles. The number of furan rings is 1. The molecule has 1 aliphatic carbocycles. The van der Waals surface area contributed by atoms with E-state index in [2.05, 4.69) is 12.3 Å². The van der Waals surface area contributed by atoms with E-state index in [-0.39, 0.29) is 11.6 Å². The summed E-state index contributed by atoms with van der Waals surface area (Å²) in [5.74, 6) is 6.46. The number of methoxy groups -OCH3 is 1. The zero-order valence-electron chi connectivity index (χ0n) is 11.3. The highest BCUT2D eigenvalue weighted by atomic mass is 16.5. The van der Waals surface area contributed by atoms with Crippen molar-refractivity contribution in [3.05, 3.63) is 24.2 Å². The lowest BCUT2D eigenvalue weighted by Gasteiger charge is -2.44. The maximum atomic E-state index is 5.88. The lowest BCUT2D eigenvalue weighted by molar-refractivity contribution is -0.0791. The molecule has 1 aromatic rings. The van der Waals surface area contributed by atoms with Gasteiger partial charge in [-0.25, -0.2) is 0 Å². The van der Waals surface area contributed by atoms with Crippen LogP contribution in [0.1, 0.15) is 38.2 Å². The van der Waals surface area contributed by atoms with Gasteiger partial charge in [0.2, 0.25) is 0 Å². The smallest absolute Gasteiger partial charge is 0.0935 e. The van der Waals surface area contributed by atoms with Crippen molar-refractivity contribution in [1.29, 1.82) is 0 Å². The molecule has 1 aliphatic rings. The molecule has 0 radical (unpaired) electrons. The molecule has 1 saturated carbocycles. The number of rotatable bonds is 5. The predicted octanol–water partition coefficient (Wildman–Crippen LogP) is 2.25. The molecule has 3 N–H and O–H groups in total. The predicted molar refractivity (Wildman–Crippen MR) is 70.9 cm³/mol. The molecule has 1 heterocycles. The monoisotopic (exact) mass is 252 g/mol. The average Bonchev–Trinajstić information content (AvgIpc) is 2.88. The van der Waals surface area contributed by atoms with Gasteiger partial charge in [0, 0.05) is 7.11 Å². The first-order valence-electron chi connectivity index (χ1n) is 6.72. The fourth-order valence-electron chi connectivity index (χ4n) is 3.23. The fraction of sp³-hybridized carbons (Fsp3) is 0.714. The third kappa shape index (κ3) is 2.76. The summed E-state index contributed by atoms with van der Waals surface area (Å²) in [6.45, 7) is 2.29. The average molecular weight is 252 g/mol. The van der Waals surface area contributed by atoms with Gasteiger partial charge in [0.25, 0.3) is 0 Å². The maximum absolute atomic E-state index is 5.88. The van der Waals surface area contributed by atoms with Crippen LogP contribution >= 0.6 is 0 Å². The van der Waals surface area contributed by atoms with Crippen LogP contribution in [0.5, 0.6) is 0 Å². The van der Waals surface area contributed by atoms with Crippen molar-refractivity contribution >= 4 is 0 Å². The minimum absolute atomic E-state index is 0.128. The van der Waals surface area contributed by atoms with E-state index in [0.29, 0.717) is 5.92 Å². The Morgan fingerprint density at radius 2 is 2.50 bits per heavy atom. The van der Waals surface area contributed by atoms with Crippen molar-refractivity contribution in [2.45, 2.75) is 50.7 Å². The van der Waals surface area contributed by atoms with Gasteiger partial charge in [-0.1, -0.05) is 19.8 Å². The number of hydrazine groups is 1. The molecule has 0 bridgehead atoms. The zero-order valence-corrected chi connectivity index (χ0v) is 11.3. The largest absolute Gasteiger partial charge is 0.472 e. The fourth-order valence-corrected chi connectivity index (χ4v) is 3.23. The first kappa shape index (κ1) is 13.6. The summed E-state index contributed by atoms with van der Waals surface area (Å²) in [6.07, 6.45) is 8.95. The van der Waals surface area contributed by atoms with Crippen molar-refractivity contribution in [3.63, 3.8) is 0 Å². The SMILES string of the molecule is COC1(C(Cc2ccoc2)NN)CCCC(C)C1. The minimum atomic E-state index is -0.149. The van der Waals surface area contributed by atoms with Gasteiger partial charge >= 0.3 is 0 Å². The number of hydrogen-bond donors (Lipinski definition) is 2. The molecule has 3 atom stereocenters. The Labute approximate surface area is 109 Å². The molecular formula is C14H24N2O2. The van der Waals surface area contributed by atoms with E-state index in [1.54, 1.807) is 19.6 Å². The van der Waals surface area contributed by atoms with Crippen molar-refractivity contribution in [1.82, 2.24) is 5.43 Å². The normalized spacial score (nSPS) is 30.3. The Hall–Kier alpha value is -0.840. The van der Waals surface area contributed by atoms with Crippen LogP contribution in [-0.2, 0) is 11.2 Å². The van der Waals surface area contributed by atoms with Gasteiger partial charge < -0.3 is 9.15 Å². The highest BCUT2D eigenvalue weighted by Gasteiger charge is 2.41. The Bertz CT molecular complexity index is 353. The highest BCUT2D eigenvalue weighted by molar-refractivity contribution is 5.11. The molecule has 18 heavy (non-hydrogen) atoms. The minimum Gasteiger partial charge on any atom is -0.472 e. The molecule has 0 aromatic carbocycles. The Balaban J connectivity index is 2.12. The lowest BCUT2D eigenvalue weighted by atomic mass is 9.73. The van der Waals surface area contributed by atoms with E-state index >= 15 is 0 Å². The van der Waals surface area contributed by atoms with Crippen LogP contribution in [0.2, 0.25) is 0 Å². The van der Waals surface area contributed by atoms with Crippen LogP contribution in [-0.4, -0.2) is 18.8 Å². The van der Waals surface area contributed by atoms with Gasteiger partial charge in [0.1, 0.15) is 0 Å². The van der Waals surface area contributed by atoms with Crippen LogP contribution in [0.25, 0.3) is 0 Å². The topological polar surface area (TPSA) is 60.4 Å². The van der Waals surface area contributed by atoms with Crippen LogP contribution in [0.3, 0.4) is 0 Å². The van der Waals surface area contributed by atoms with Gasteiger partial charge in [-0.3, -0.25) is 11.3 Å². The van der Waals surface area contributed by atoms with E-state index in [1.807, 2.05) is 6.07 Å². The van der Waals surface area contributed by atoms with E-state index < -0.39 is 0 Å². The van der Waals surface area contributed by atoms with Gasteiger partial charge in [0.15, 0.2) is 0 Å². The summed E-state index contributed by atoms with van der Waals surface area (Å²) in [4.78, 5) is 0. The zero-order chi connectivity index (χ0) is 13.0. The summed E-state index contributed by atoms with van der Waals surface area (Å²) in [5.41, 5.74) is 3.97. The van der Waals surface area contributed by atoms with Crippen LogP contribution in [0.15, 0.2) is 23.0 Å². The molecule has 0 aliphatic heterocycles. The molecule has 0 spiro atoms.